The first-order valence-corrected chi connectivity index (χ1v) is 11.7. The number of nitrogens with one attached hydrogen (secondary N) is 2. The number of H-pyrrole nitrogens is 1. The highest BCUT2D eigenvalue weighted by Crippen LogP contribution is 2.28. The Morgan fingerprint density at radius 1 is 0.722 bits per heavy atom. The molecule has 0 radical (unpaired) electrons. The Bertz CT molecular complexity index is 1600. The normalized spacial score (nSPS) is 10.9. The number of hydrogen-bond acceptors (Lipinski definition) is 5. The first-order chi connectivity index (χ1) is 17.8. The molecule has 0 aliphatic rings. The van der Waals surface area contributed by atoms with Crippen LogP contribution in [0, 0.1) is 0 Å². The van der Waals surface area contributed by atoms with Gasteiger partial charge in [-0.05, 0) is 54.1 Å². The number of ether oxygens (including phenoxy) is 1. The van der Waals surface area contributed by atoms with Gasteiger partial charge < -0.3 is 15.0 Å². The number of aromatic amines is 1. The zero-order valence-corrected chi connectivity index (χ0v) is 19.4. The van der Waals surface area contributed by atoms with Crippen LogP contribution in [-0.4, -0.2) is 20.2 Å². The summed E-state index contributed by atoms with van der Waals surface area (Å²) in [6, 6.07) is 36.3. The highest BCUT2D eigenvalue weighted by molar-refractivity contribution is 5.81. The molecule has 36 heavy (non-hydrogen) atoms. The van der Waals surface area contributed by atoms with Crippen molar-refractivity contribution in [1.82, 2.24) is 20.2 Å². The van der Waals surface area contributed by atoms with E-state index < -0.39 is 0 Å². The van der Waals surface area contributed by atoms with Crippen LogP contribution in [-0.2, 0) is 6.61 Å². The average molecular weight is 470 g/mol. The fourth-order valence-electron chi connectivity index (χ4n) is 4.05. The van der Waals surface area contributed by atoms with Gasteiger partial charge in [0, 0.05) is 34.8 Å². The number of anilines is 2. The minimum Gasteiger partial charge on any atom is -0.489 e. The average Bonchev–Trinajstić information content (AvgIpc) is 3.37. The molecule has 6 nitrogen and oxygen atoms in total. The van der Waals surface area contributed by atoms with Crippen molar-refractivity contribution < 1.29 is 4.74 Å². The van der Waals surface area contributed by atoms with Crippen molar-refractivity contribution in [3.05, 3.63) is 121 Å². The number of rotatable bonds is 7. The van der Waals surface area contributed by atoms with Crippen LogP contribution in [0.2, 0.25) is 0 Å². The molecular weight excluding hydrogens is 446 g/mol. The van der Waals surface area contributed by atoms with Crippen molar-refractivity contribution >= 4 is 22.4 Å². The van der Waals surface area contributed by atoms with Crippen LogP contribution >= 0.6 is 0 Å². The lowest BCUT2D eigenvalue weighted by Gasteiger charge is -2.08. The van der Waals surface area contributed by atoms with Crippen LogP contribution in [0.25, 0.3) is 33.7 Å². The Kier molecular flexibility index (Phi) is 5.82. The molecule has 0 aliphatic carbocycles. The summed E-state index contributed by atoms with van der Waals surface area (Å²) in [7, 11) is 0. The van der Waals surface area contributed by atoms with Gasteiger partial charge in [0.1, 0.15) is 18.2 Å². The molecule has 0 atom stereocenters. The summed E-state index contributed by atoms with van der Waals surface area (Å²) in [5.74, 6) is 1.62. The molecule has 0 fully saturated rings. The smallest absolute Gasteiger partial charge is 0.138 e. The van der Waals surface area contributed by atoms with E-state index in [9.17, 15) is 0 Å². The van der Waals surface area contributed by atoms with E-state index >= 15 is 0 Å². The van der Waals surface area contributed by atoms with Crippen LogP contribution in [0.3, 0.4) is 0 Å². The third-order valence-corrected chi connectivity index (χ3v) is 5.88. The molecule has 0 bridgehead atoms. The molecule has 6 rings (SSSR count). The molecule has 0 aliphatic heterocycles. The molecule has 6 aromatic rings. The molecule has 0 amide bonds. The number of benzene rings is 4. The third-order valence-electron chi connectivity index (χ3n) is 5.88. The van der Waals surface area contributed by atoms with E-state index in [0.29, 0.717) is 6.61 Å². The van der Waals surface area contributed by atoms with Crippen molar-refractivity contribution in [2.75, 3.05) is 5.32 Å². The predicted molar refractivity (Wildman–Crippen MR) is 143 cm³/mol. The second-order valence-electron chi connectivity index (χ2n) is 8.43. The molecule has 0 saturated heterocycles. The minimum atomic E-state index is 0.529. The van der Waals surface area contributed by atoms with Crippen LogP contribution in [0.4, 0.5) is 11.4 Å². The van der Waals surface area contributed by atoms with Crippen molar-refractivity contribution in [3.8, 4) is 28.4 Å². The van der Waals surface area contributed by atoms with Gasteiger partial charge in [-0.25, -0.2) is 4.98 Å². The van der Waals surface area contributed by atoms with E-state index in [1.807, 2.05) is 91.0 Å². The number of nitrogens with zero attached hydrogens (tertiary/aromatic N) is 3. The first kappa shape index (κ1) is 21.6. The minimum absolute atomic E-state index is 0.529. The lowest BCUT2D eigenvalue weighted by atomic mass is 10.1. The van der Waals surface area contributed by atoms with Crippen molar-refractivity contribution in [3.63, 3.8) is 0 Å². The van der Waals surface area contributed by atoms with E-state index in [1.165, 1.54) is 0 Å². The van der Waals surface area contributed by atoms with Gasteiger partial charge >= 0.3 is 0 Å². The van der Waals surface area contributed by atoms with Gasteiger partial charge in [-0.15, -0.1) is 0 Å². The van der Waals surface area contributed by atoms with Crippen molar-refractivity contribution in [2.24, 2.45) is 0 Å². The quantitative estimate of drug-likeness (QED) is 0.263. The molecule has 4 aromatic carbocycles. The topological polar surface area (TPSA) is 75.7 Å². The van der Waals surface area contributed by atoms with E-state index in [1.54, 1.807) is 6.20 Å². The van der Waals surface area contributed by atoms with Gasteiger partial charge in [-0.2, -0.15) is 10.2 Å². The SMILES string of the molecule is c1ccc(COc2ccc3nc(-c4cccc(Nc5ccc(-c6cccnn6)cc5)c4)[nH]c3c2)cc1. The van der Waals surface area contributed by atoms with Gasteiger partial charge in [-0.1, -0.05) is 54.6 Å². The van der Waals surface area contributed by atoms with Gasteiger partial charge in [0.15, 0.2) is 0 Å². The number of imidazole rings is 1. The second kappa shape index (κ2) is 9.72. The Morgan fingerprint density at radius 3 is 2.44 bits per heavy atom. The summed E-state index contributed by atoms with van der Waals surface area (Å²) < 4.78 is 5.97. The predicted octanol–water partition coefficient (Wildman–Crippen LogP) is 7.01. The van der Waals surface area contributed by atoms with Gasteiger partial charge in [0.25, 0.3) is 0 Å². The molecule has 0 unspecified atom stereocenters. The van der Waals surface area contributed by atoms with Crippen LogP contribution in [0.15, 0.2) is 115 Å². The summed E-state index contributed by atoms with van der Waals surface area (Å²) in [6.45, 7) is 0.529. The fourth-order valence-corrected chi connectivity index (χ4v) is 4.05. The maximum atomic E-state index is 5.97. The van der Waals surface area contributed by atoms with Crippen LogP contribution < -0.4 is 10.1 Å². The maximum Gasteiger partial charge on any atom is 0.138 e. The standard InChI is InChI=1S/C30H23N5O/c1-2-6-21(7-3-1)20-36-26-15-16-28-29(19-26)34-30(33-28)23-8-4-9-25(18-23)32-24-13-11-22(12-14-24)27-10-5-17-31-35-27/h1-19,32H,20H2,(H,33,34). The molecule has 2 aromatic heterocycles. The van der Waals surface area contributed by atoms with E-state index in [-0.39, 0.29) is 0 Å². The number of fused-ring (bicyclic) bond motifs is 1. The molecule has 0 spiro atoms. The highest BCUT2D eigenvalue weighted by atomic mass is 16.5. The molecule has 2 heterocycles. The van der Waals surface area contributed by atoms with E-state index in [0.717, 1.165) is 56.4 Å². The largest absolute Gasteiger partial charge is 0.489 e. The molecule has 6 heteroatoms. The molecule has 174 valence electrons. The van der Waals surface area contributed by atoms with Crippen molar-refractivity contribution in [1.29, 1.82) is 0 Å². The zero-order valence-electron chi connectivity index (χ0n) is 19.4. The van der Waals surface area contributed by atoms with Gasteiger partial charge in [0.05, 0.1) is 16.7 Å². The first-order valence-electron chi connectivity index (χ1n) is 11.7. The summed E-state index contributed by atoms with van der Waals surface area (Å²) >= 11 is 0. The number of hydrogen-bond donors (Lipinski definition) is 2. The Hall–Kier alpha value is -4.97. The second-order valence-corrected chi connectivity index (χ2v) is 8.43. The summed E-state index contributed by atoms with van der Waals surface area (Å²) in [6.07, 6.45) is 1.67. The molecular formula is C30H23N5O. The van der Waals surface area contributed by atoms with Crippen LogP contribution in [0.5, 0.6) is 5.75 Å². The van der Waals surface area contributed by atoms with Gasteiger partial charge in [0.2, 0.25) is 0 Å². The zero-order chi connectivity index (χ0) is 24.2. The summed E-state index contributed by atoms with van der Waals surface area (Å²) in [4.78, 5) is 8.22. The van der Waals surface area contributed by atoms with Crippen LogP contribution in [0.1, 0.15) is 5.56 Å². The maximum absolute atomic E-state index is 5.97. The Labute approximate surface area is 208 Å². The summed E-state index contributed by atoms with van der Waals surface area (Å²) in [5.41, 5.74) is 7.82. The Balaban J connectivity index is 1.18. The summed E-state index contributed by atoms with van der Waals surface area (Å²) in [5, 5.41) is 11.6. The number of aromatic nitrogens is 4. The third kappa shape index (κ3) is 4.79. The van der Waals surface area contributed by atoms with Gasteiger partial charge in [-0.3, -0.25) is 0 Å². The monoisotopic (exact) mass is 469 g/mol. The molecule has 2 N–H and O–H groups in total. The van der Waals surface area contributed by atoms with E-state index in [2.05, 4.69) is 38.7 Å². The fraction of sp³-hybridized carbons (Fsp3) is 0.0333. The van der Waals surface area contributed by atoms with Crippen molar-refractivity contribution in [2.45, 2.75) is 6.61 Å². The lowest BCUT2D eigenvalue weighted by molar-refractivity contribution is 0.306. The lowest BCUT2D eigenvalue weighted by Crippen LogP contribution is -1.94. The molecule has 0 saturated carbocycles. The Morgan fingerprint density at radius 2 is 1.61 bits per heavy atom. The highest BCUT2D eigenvalue weighted by Gasteiger charge is 2.08. The van der Waals surface area contributed by atoms with E-state index in [4.69, 9.17) is 9.72 Å².